The number of rotatable bonds is 1. The Balaban J connectivity index is 1.90. The van der Waals surface area contributed by atoms with Gasteiger partial charge in [0.05, 0.1) is 10.7 Å². The molecular formula is C17H15BrClFN2S. The third-order valence-corrected chi connectivity index (χ3v) is 5.07. The maximum Gasteiger partial charge on any atom is 0.178 e. The molecule has 3 rings (SSSR count). The van der Waals surface area contributed by atoms with Crippen LogP contribution < -0.4 is 10.2 Å². The van der Waals surface area contributed by atoms with Gasteiger partial charge in [0, 0.05) is 16.2 Å². The molecule has 23 heavy (non-hydrogen) atoms. The lowest BCUT2D eigenvalue weighted by molar-refractivity contribution is 0.604. The Bertz CT molecular complexity index is 768. The Kier molecular flexibility index (Phi) is 4.90. The highest BCUT2D eigenvalue weighted by Crippen LogP contribution is 2.33. The van der Waals surface area contributed by atoms with Crippen molar-refractivity contribution < 1.29 is 4.39 Å². The summed E-state index contributed by atoms with van der Waals surface area (Å²) in [4.78, 5) is 2.03. The van der Waals surface area contributed by atoms with Gasteiger partial charge in [0.1, 0.15) is 5.82 Å². The molecule has 0 saturated heterocycles. The molecule has 1 heterocycles. The fraction of sp³-hybridized carbons (Fsp3) is 0.235. The molecule has 2 nitrogen and oxygen atoms in total. The number of hydrogen-bond acceptors (Lipinski definition) is 1. The Labute approximate surface area is 153 Å². The molecule has 1 atom stereocenters. The largest absolute Gasteiger partial charge is 0.331 e. The number of nitrogens with zero attached hydrogens (tertiary/aromatic N) is 1. The average Bonchev–Trinajstić information content (AvgIpc) is 2.50. The second-order valence-corrected chi connectivity index (χ2v) is 7.29. The predicted octanol–water partition coefficient (Wildman–Crippen LogP) is 5.78. The van der Waals surface area contributed by atoms with Crippen LogP contribution >= 0.6 is 39.7 Å². The number of hydrogen-bond donors (Lipinski definition) is 1. The highest BCUT2D eigenvalue weighted by molar-refractivity contribution is 9.10. The minimum absolute atomic E-state index is 0.215. The lowest BCUT2D eigenvalue weighted by Crippen LogP contribution is -2.44. The quantitative estimate of drug-likeness (QED) is 0.597. The van der Waals surface area contributed by atoms with Crippen molar-refractivity contribution in [1.82, 2.24) is 0 Å². The molecule has 1 N–H and O–H groups in total. The molecule has 2 aromatic rings. The zero-order valence-corrected chi connectivity index (χ0v) is 15.6. The first kappa shape index (κ1) is 16.7. The lowest BCUT2D eigenvalue weighted by Gasteiger charge is -2.37. The van der Waals surface area contributed by atoms with Crippen LogP contribution in [0.5, 0.6) is 0 Å². The summed E-state index contributed by atoms with van der Waals surface area (Å²) in [6.07, 6.45) is 1.78. The summed E-state index contributed by atoms with van der Waals surface area (Å²) in [7, 11) is 0. The van der Waals surface area contributed by atoms with Crippen molar-refractivity contribution in [2.45, 2.75) is 25.8 Å². The minimum atomic E-state index is -0.215. The van der Waals surface area contributed by atoms with Gasteiger partial charge in [0.25, 0.3) is 0 Å². The molecule has 0 amide bonds. The van der Waals surface area contributed by atoms with Crippen molar-refractivity contribution in [2.75, 3.05) is 10.2 Å². The maximum absolute atomic E-state index is 13.5. The number of benzene rings is 2. The van der Waals surface area contributed by atoms with E-state index in [1.54, 1.807) is 12.1 Å². The molecule has 0 spiro atoms. The Morgan fingerprint density at radius 3 is 2.87 bits per heavy atom. The molecule has 0 aliphatic carbocycles. The van der Waals surface area contributed by atoms with Crippen molar-refractivity contribution in [3.8, 4) is 0 Å². The summed E-state index contributed by atoms with van der Waals surface area (Å²) in [6, 6.07) is 10.7. The van der Waals surface area contributed by atoms with Crippen LogP contribution in [0.15, 0.2) is 40.9 Å². The van der Waals surface area contributed by atoms with E-state index in [4.69, 9.17) is 23.8 Å². The normalized spacial score (nSPS) is 16.9. The summed E-state index contributed by atoms with van der Waals surface area (Å²) < 4.78 is 14.4. The van der Waals surface area contributed by atoms with Crippen LogP contribution in [0, 0.1) is 5.82 Å². The standard InChI is InChI=1S/C17H15BrClFN2S/c1-10-2-3-11-8-13(20)5-7-16(11)22(10)17(23)21-15-6-4-12(18)9-14(15)19/h4-10H,2-3H2,1H3,(H,21,23). The van der Waals surface area contributed by atoms with Gasteiger partial charge in [-0.15, -0.1) is 0 Å². The van der Waals surface area contributed by atoms with Gasteiger partial charge in [-0.1, -0.05) is 27.5 Å². The van der Waals surface area contributed by atoms with Crippen LogP contribution in [0.4, 0.5) is 15.8 Å². The molecule has 120 valence electrons. The van der Waals surface area contributed by atoms with Crippen molar-refractivity contribution in [1.29, 1.82) is 0 Å². The molecule has 1 unspecified atom stereocenters. The molecular weight excluding hydrogens is 399 g/mol. The van der Waals surface area contributed by atoms with E-state index < -0.39 is 0 Å². The number of fused-ring (bicyclic) bond motifs is 1. The van der Waals surface area contributed by atoms with Crippen LogP contribution in [-0.2, 0) is 6.42 Å². The lowest BCUT2D eigenvalue weighted by atomic mass is 9.97. The van der Waals surface area contributed by atoms with Crippen LogP contribution in [0.2, 0.25) is 5.02 Å². The van der Waals surface area contributed by atoms with Gasteiger partial charge >= 0.3 is 0 Å². The van der Waals surface area contributed by atoms with E-state index in [1.807, 2.05) is 23.1 Å². The van der Waals surface area contributed by atoms with E-state index in [2.05, 4.69) is 28.2 Å². The van der Waals surface area contributed by atoms with E-state index in [-0.39, 0.29) is 11.9 Å². The zero-order valence-electron chi connectivity index (χ0n) is 12.4. The second-order valence-electron chi connectivity index (χ2n) is 5.59. The fourth-order valence-corrected chi connectivity index (χ4v) is 3.91. The minimum Gasteiger partial charge on any atom is -0.331 e. The van der Waals surface area contributed by atoms with Gasteiger partial charge in [0.15, 0.2) is 5.11 Å². The SMILES string of the molecule is CC1CCc2cc(F)ccc2N1C(=S)Nc1ccc(Br)cc1Cl. The van der Waals surface area contributed by atoms with E-state index >= 15 is 0 Å². The van der Waals surface area contributed by atoms with Crippen molar-refractivity contribution in [2.24, 2.45) is 0 Å². The molecule has 6 heteroatoms. The molecule has 0 aromatic heterocycles. The maximum atomic E-state index is 13.5. The third-order valence-electron chi connectivity index (χ3n) is 3.96. The second kappa shape index (κ2) is 6.75. The highest BCUT2D eigenvalue weighted by atomic mass is 79.9. The van der Waals surface area contributed by atoms with Gasteiger partial charge in [-0.05, 0) is 73.9 Å². The monoisotopic (exact) mass is 412 g/mol. The Morgan fingerprint density at radius 1 is 1.35 bits per heavy atom. The van der Waals surface area contributed by atoms with Crippen LogP contribution in [0.1, 0.15) is 18.9 Å². The molecule has 0 bridgehead atoms. The number of aryl methyl sites for hydroxylation is 1. The topological polar surface area (TPSA) is 15.3 Å². The van der Waals surface area contributed by atoms with Gasteiger partial charge in [0.2, 0.25) is 0 Å². The molecule has 0 saturated carbocycles. The molecule has 0 radical (unpaired) electrons. The third kappa shape index (κ3) is 3.52. The molecule has 1 aliphatic rings. The smallest absolute Gasteiger partial charge is 0.178 e. The summed E-state index contributed by atoms with van der Waals surface area (Å²) in [5.41, 5.74) is 2.69. The van der Waals surface area contributed by atoms with Gasteiger partial charge < -0.3 is 10.2 Å². The van der Waals surface area contributed by atoms with E-state index in [0.29, 0.717) is 10.1 Å². The summed E-state index contributed by atoms with van der Waals surface area (Å²) in [5.74, 6) is -0.215. The predicted molar refractivity (Wildman–Crippen MR) is 102 cm³/mol. The summed E-state index contributed by atoms with van der Waals surface area (Å²) >= 11 is 15.2. The van der Waals surface area contributed by atoms with E-state index in [9.17, 15) is 4.39 Å². The Morgan fingerprint density at radius 2 is 2.13 bits per heavy atom. The van der Waals surface area contributed by atoms with Crippen molar-refractivity contribution in [3.63, 3.8) is 0 Å². The van der Waals surface area contributed by atoms with Gasteiger partial charge in [-0.25, -0.2) is 4.39 Å². The molecule has 1 aliphatic heterocycles. The molecule has 0 fully saturated rings. The zero-order chi connectivity index (χ0) is 16.6. The van der Waals surface area contributed by atoms with Crippen molar-refractivity contribution in [3.05, 3.63) is 57.3 Å². The van der Waals surface area contributed by atoms with Crippen LogP contribution in [-0.4, -0.2) is 11.2 Å². The van der Waals surface area contributed by atoms with E-state index in [0.717, 1.165) is 34.3 Å². The van der Waals surface area contributed by atoms with E-state index in [1.165, 1.54) is 6.07 Å². The van der Waals surface area contributed by atoms with Crippen LogP contribution in [0.3, 0.4) is 0 Å². The Hall–Kier alpha value is -1.17. The number of anilines is 2. The number of nitrogens with one attached hydrogen (secondary N) is 1. The first-order valence-electron chi connectivity index (χ1n) is 7.29. The average molecular weight is 414 g/mol. The van der Waals surface area contributed by atoms with Gasteiger partial charge in [-0.3, -0.25) is 0 Å². The fourth-order valence-electron chi connectivity index (χ4n) is 2.80. The first-order chi connectivity index (χ1) is 11.0. The van der Waals surface area contributed by atoms with Gasteiger partial charge in [-0.2, -0.15) is 0 Å². The van der Waals surface area contributed by atoms with Crippen molar-refractivity contribution >= 4 is 56.2 Å². The first-order valence-corrected chi connectivity index (χ1v) is 8.87. The number of halogens is 3. The highest BCUT2D eigenvalue weighted by Gasteiger charge is 2.26. The van der Waals surface area contributed by atoms with Crippen LogP contribution in [0.25, 0.3) is 0 Å². The summed E-state index contributed by atoms with van der Waals surface area (Å²) in [6.45, 7) is 2.11. The molecule has 2 aromatic carbocycles. The summed E-state index contributed by atoms with van der Waals surface area (Å²) in [5, 5.41) is 4.36. The number of thiocarbonyl (C=S) groups is 1.